The van der Waals surface area contributed by atoms with Gasteiger partial charge in [0, 0.05) is 12.4 Å². The van der Waals surface area contributed by atoms with Gasteiger partial charge in [-0.3, -0.25) is 4.98 Å². The minimum Gasteiger partial charge on any atom is -0.317 e. The molecule has 1 fully saturated rings. The molecule has 14 heavy (non-hydrogen) atoms. The molecule has 0 bridgehead atoms. The number of nitrogens with zero attached hydrogens (tertiary/aromatic N) is 1. The van der Waals surface area contributed by atoms with Crippen molar-refractivity contribution in [1.82, 2.24) is 10.3 Å². The lowest BCUT2D eigenvalue weighted by Crippen LogP contribution is -2.26. The number of aryl methyl sites for hydroxylation is 1. The Morgan fingerprint density at radius 1 is 1.21 bits per heavy atom. The molecule has 0 unspecified atom stereocenters. The highest BCUT2D eigenvalue weighted by molar-refractivity contribution is 5.05. The fourth-order valence-corrected chi connectivity index (χ4v) is 1.39. The van der Waals surface area contributed by atoms with Gasteiger partial charge in [0.2, 0.25) is 0 Å². The van der Waals surface area contributed by atoms with Crippen LogP contribution in [-0.4, -0.2) is 18.1 Å². The molecule has 0 atom stereocenters. The molecule has 1 N–H and O–H groups in total. The van der Waals surface area contributed by atoms with Crippen LogP contribution in [0.3, 0.4) is 0 Å². The van der Waals surface area contributed by atoms with Gasteiger partial charge in [0.1, 0.15) is 0 Å². The Morgan fingerprint density at radius 3 is 2.07 bits per heavy atom. The van der Waals surface area contributed by atoms with Gasteiger partial charge in [0.05, 0.1) is 0 Å². The maximum absolute atomic E-state index is 3.85. The van der Waals surface area contributed by atoms with Crippen LogP contribution in [0.1, 0.15) is 25.3 Å². The number of pyridine rings is 1. The average molecular weight is 192 g/mol. The molecule has 0 saturated carbocycles. The van der Waals surface area contributed by atoms with Gasteiger partial charge < -0.3 is 5.32 Å². The maximum atomic E-state index is 3.85. The van der Waals surface area contributed by atoms with Gasteiger partial charge in [0.25, 0.3) is 0 Å². The lowest BCUT2D eigenvalue weighted by Gasteiger charge is -2.17. The second-order valence-corrected chi connectivity index (χ2v) is 3.96. The molecule has 1 aromatic heterocycles. The molecule has 1 aliphatic heterocycles. The van der Waals surface area contributed by atoms with Crippen LogP contribution in [0.2, 0.25) is 0 Å². The molecule has 1 saturated heterocycles. The largest absolute Gasteiger partial charge is 0.317 e. The minimum atomic E-state index is 0.973. The van der Waals surface area contributed by atoms with Crippen LogP contribution in [0, 0.1) is 12.8 Å². The molecular weight excluding hydrogens is 172 g/mol. The van der Waals surface area contributed by atoms with Crippen molar-refractivity contribution in [3.8, 4) is 0 Å². The number of aromatic nitrogens is 1. The van der Waals surface area contributed by atoms with E-state index in [1.807, 2.05) is 19.1 Å². The van der Waals surface area contributed by atoms with Gasteiger partial charge in [-0.05, 0) is 56.5 Å². The van der Waals surface area contributed by atoms with Crippen molar-refractivity contribution >= 4 is 0 Å². The van der Waals surface area contributed by atoms with Crippen molar-refractivity contribution in [3.05, 3.63) is 30.1 Å². The molecule has 2 heteroatoms. The average Bonchev–Trinajstić information content (AvgIpc) is 2.21. The SMILES string of the molecule is CC1CCNCC1.Cc1ccncc1. The lowest BCUT2D eigenvalue weighted by atomic mass is 10.0. The summed E-state index contributed by atoms with van der Waals surface area (Å²) in [7, 11) is 0. The van der Waals surface area contributed by atoms with Gasteiger partial charge in [-0.2, -0.15) is 0 Å². The van der Waals surface area contributed by atoms with Gasteiger partial charge in [0.15, 0.2) is 0 Å². The van der Waals surface area contributed by atoms with Crippen LogP contribution in [0.25, 0.3) is 0 Å². The van der Waals surface area contributed by atoms with Gasteiger partial charge in [-0.1, -0.05) is 6.92 Å². The van der Waals surface area contributed by atoms with Gasteiger partial charge in [-0.25, -0.2) is 0 Å². The fourth-order valence-electron chi connectivity index (χ4n) is 1.39. The summed E-state index contributed by atoms with van der Waals surface area (Å²) in [5, 5.41) is 3.32. The summed E-state index contributed by atoms with van der Waals surface area (Å²) in [5.41, 5.74) is 1.26. The first-order valence-electron chi connectivity index (χ1n) is 5.36. The molecule has 0 aliphatic carbocycles. The Labute approximate surface area is 86.8 Å². The summed E-state index contributed by atoms with van der Waals surface area (Å²) in [6, 6.07) is 3.94. The van der Waals surface area contributed by atoms with Crippen molar-refractivity contribution in [2.45, 2.75) is 26.7 Å². The molecular formula is C12H20N2. The Morgan fingerprint density at radius 2 is 1.79 bits per heavy atom. The summed E-state index contributed by atoms with van der Waals surface area (Å²) >= 11 is 0. The van der Waals surface area contributed by atoms with E-state index in [1.54, 1.807) is 12.4 Å². The molecule has 2 heterocycles. The smallest absolute Gasteiger partial charge is 0.0270 e. The summed E-state index contributed by atoms with van der Waals surface area (Å²) in [6.07, 6.45) is 6.32. The molecule has 0 spiro atoms. The first-order chi connectivity index (χ1) is 6.79. The first-order valence-corrected chi connectivity index (χ1v) is 5.36. The van der Waals surface area contributed by atoms with E-state index in [0.29, 0.717) is 0 Å². The summed E-state index contributed by atoms with van der Waals surface area (Å²) in [4.78, 5) is 3.85. The highest BCUT2D eigenvalue weighted by atomic mass is 14.9. The Hall–Kier alpha value is -0.890. The second-order valence-electron chi connectivity index (χ2n) is 3.96. The van der Waals surface area contributed by atoms with Crippen LogP contribution >= 0.6 is 0 Å². The fraction of sp³-hybridized carbons (Fsp3) is 0.583. The summed E-state index contributed by atoms with van der Waals surface area (Å²) in [5.74, 6) is 0.973. The number of piperidine rings is 1. The van der Waals surface area contributed by atoms with Crippen LogP contribution in [0.4, 0.5) is 0 Å². The van der Waals surface area contributed by atoms with Crippen LogP contribution in [-0.2, 0) is 0 Å². The molecule has 2 rings (SSSR count). The number of hydrogen-bond donors (Lipinski definition) is 1. The maximum Gasteiger partial charge on any atom is 0.0270 e. The second kappa shape index (κ2) is 6.55. The topological polar surface area (TPSA) is 24.9 Å². The zero-order valence-electron chi connectivity index (χ0n) is 9.16. The minimum absolute atomic E-state index is 0.973. The summed E-state index contributed by atoms with van der Waals surface area (Å²) in [6.45, 7) is 6.84. The number of nitrogens with one attached hydrogen (secondary N) is 1. The molecule has 0 radical (unpaired) electrons. The van der Waals surface area contributed by atoms with Crippen molar-refractivity contribution in [1.29, 1.82) is 0 Å². The van der Waals surface area contributed by atoms with Crippen molar-refractivity contribution in [2.24, 2.45) is 5.92 Å². The predicted molar refractivity (Wildman–Crippen MR) is 60.2 cm³/mol. The van der Waals surface area contributed by atoms with Crippen molar-refractivity contribution in [3.63, 3.8) is 0 Å². The highest BCUT2D eigenvalue weighted by Crippen LogP contribution is 2.08. The van der Waals surface area contributed by atoms with E-state index in [-0.39, 0.29) is 0 Å². The number of hydrogen-bond acceptors (Lipinski definition) is 2. The third kappa shape index (κ3) is 4.97. The van der Waals surface area contributed by atoms with Crippen LogP contribution in [0.5, 0.6) is 0 Å². The van der Waals surface area contributed by atoms with E-state index in [2.05, 4.69) is 17.2 Å². The van der Waals surface area contributed by atoms with Crippen LogP contribution < -0.4 is 5.32 Å². The molecule has 2 nitrogen and oxygen atoms in total. The Bertz CT molecular complexity index is 227. The Balaban J connectivity index is 0.000000140. The van der Waals surface area contributed by atoms with Crippen molar-refractivity contribution < 1.29 is 0 Å². The molecule has 1 aliphatic rings. The normalized spacial score (nSPS) is 17.0. The van der Waals surface area contributed by atoms with E-state index in [1.165, 1.54) is 31.5 Å². The number of rotatable bonds is 0. The standard InChI is InChI=1S/C6H13N.C6H7N/c2*1-6-2-4-7-5-3-6/h6-7H,2-5H2,1H3;2-5H,1H3. The van der Waals surface area contributed by atoms with E-state index in [9.17, 15) is 0 Å². The predicted octanol–water partition coefficient (Wildman–Crippen LogP) is 2.40. The third-order valence-corrected chi connectivity index (χ3v) is 2.47. The monoisotopic (exact) mass is 192 g/mol. The molecule has 1 aromatic rings. The van der Waals surface area contributed by atoms with E-state index in [4.69, 9.17) is 0 Å². The third-order valence-electron chi connectivity index (χ3n) is 2.47. The molecule has 0 aromatic carbocycles. The van der Waals surface area contributed by atoms with Gasteiger partial charge in [-0.15, -0.1) is 0 Å². The van der Waals surface area contributed by atoms with Gasteiger partial charge >= 0.3 is 0 Å². The lowest BCUT2D eigenvalue weighted by molar-refractivity contribution is 0.402. The van der Waals surface area contributed by atoms with Crippen molar-refractivity contribution in [2.75, 3.05) is 13.1 Å². The highest BCUT2D eigenvalue weighted by Gasteiger charge is 2.04. The van der Waals surface area contributed by atoms with E-state index in [0.717, 1.165) is 5.92 Å². The Kier molecular flexibility index (Phi) is 5.23. The summed E-state index contributed by atoms with van der Waals surface area (Å²) < 4.78 is 0. The van der Waals surface area contributed by atoms with Crippen LogP contribution in [0.15, 0.2) is 24.5 Å². The zero-order valence-corrected chi connectivity index (χ0v) is 9.16. The first kappa shape index (κ1) is 11.2. The molecule has 0 amide bonds. The molecule has 78 valence electrons. The zero-order chi connectivity index (χ0) is 10.2. The van der Waals surface area contributed by atoms with E-state index >= 15 is 0 Å². The quantitative estimate of drug-likeness (QED) is 0.682. The van der Waals surface area contributed by atoms with E-state index < -0.39 is 0 Å².